The van der Waals surface area contributed by atoms with Crippen molar-refractivity contribution in [2.75, 3.05) is 37.8 Å². The first-order valence-electron chi connectivity index (χ1n) is 6.37. The van der Waals surface area contributed by atoms with Crippen LogP contribution in [0.3, 0.4) is 0 Å². The molecule has 1 saturated heterocycles. The second kappa shape index (κ2) is 4.98. The number of hydrogen-bond acceptors (Lipinski definition) is 3. The number of halogens is 1. The van der Waals surface area contributed by atoms with Crippen molar-refractivity contribution in [3.05, 3.63) is 22.7 Å². The highest BCUT2D eigenvalue weighted by Gasteiger charge is 2.31. The standard InChI is InChI=1S/C14H22ClN3/c1-9-5-12(16)11(15)6-13(9)18-7-10(2)14(8-18)17(3)4/h5-6,10,14H,7-8,16H2,1-4H3. The quantitative estimate of drug-likeness (QED) is 0.836. The number of likely N-dealkylation sites (N-methyl/N-ethyl adjacent to an activating group) is 1. The summed E-state index contributed by atoms with van der Waals surface area (Å²) in [5.41, 5.74) is 8.90. The van der Waals surface area contributed by atoms with Gasteiger partial charge in [0, 0.05) is 24.8 Å². The molecule has 4 heteroatoms. The molecule has 0 spiro atoms. The number of nitrogens with two attached hydrogens (primary N) is 1. The summed E-state index contributed by atoms with van der Waals surface area (Å²) >= 11 is 6.14. The highest BCUT2D eigenvalue weighted by molar-refractivity contribution is 6.33. The van der Waals surface area contributed by atoms with Gasteiger partial charge >= 0.3 is 0 Å². The SMILES string of the molecule is Cc1cc(N)c(Cl)cc1N1CC(C)C(N(C)C)C1. The molecular weight excluding hydrogens is 246 g/mol. The molecule has 100 valence electrons. The molecule has 1 aromatic carbocycles. The Bertz CT molecular complexity index is 445. The van der Waals surface area contributed by atoms with Crippen LogP contribution >= 0.6 is 11.6 Å². The third kappa shape index (κ3) is 2.43. The molecule has 1 aliphatic rings. The topological polar surface area (TPSA) is 32.5 Å². The lowest BCUT2D eigenvalue weighted by molar-refractivity contribution is 0.266. The lowest BCUT2D eigenvalue weighted by Gasteiger charge is -2.24. The largest absolute Gasteiger partial charge is 0.398 e. The molecule has 0 aromatic heterocycles. The zero-order valence-electron chi connectivity index (χ0n) is 11.6. The van der Waals surface area contributed by atoms with Gasteiger partial charge in [-0.3, -0.25) is 0 Å². The van der Waals surface area contributed by atoms with Crippen LogP contribution in [0.5, 0.6) is 0 Å². The maximum atomic E-state index is 6.14. The van der Waals surface area contributed by atoms with Gasteiger partial charge in [-0.1, -0.05) is 18.5 Å². The van der Waals surface area contributed by atoms with E-state index in [4.69, 9.17) is 17.3 Å². The van der Waals surface area contributed by atoms with Crippen LogP contribution in [0.1, 0.15) is 12.5 Å². The third-order valence-electron chi connectivity index (χ3n) is 3.89. The summed E-state index contributed by atoms with van der Waals surface area (Å²) in [6.07, 6.45) is 0. The maximum Gasteiger partial charge on any atom is 0.0656 e. The summed E-state index contributed by atoms with van der Waals surface area (Å²) in [5, 5.41) is 0.650. The molecule has 0 radical (unpaired) electrons. The fraction of sp³-hybridized carbons (Fsp3) is 0.571. The molecule has 18 heavy (non-hydrogen) atoms. The van der Waals surface area contributed by atoms with E-state index in [1.165, 1.54) is 11.3 Å². The van der Waals surface area contributed by atoms with E-state index in [9.17, 15) is 0 Å². The fourth-order valence-corrected chi connectivity index (χ4v) is 3.01. The van der Waals surface area contributed by atoms with Gasteiger partial charge in [-0.05, 0) is 44.6 Å². The van der Waals surface area contributed by atoms with E-state index < -0.39 is 0 Å². The van der Waals surface area contributed by atoms with Crippen molar-refractivity contribution in [2.45, 2.75) is 19.9 Å². The summed E-state index contributed by atoms with van der Waals surface area (Å²) in [7, 11) is 4.29. The third-order valence-corrected chi connectivity index (χ3v) is 4.22. The molecular formula is C14H22ClN3. The van der Waals surface area contributed by atoms with Crippen LogP contribution in [0.15, 0.2) is 12.1 Å². The highest BCUT2D eigenvalue weighted by atomic mass is 35.5. The van der Waals surface area contributed by atoms with Crippen molar-refractivity contribution in [3.8, 4) is 0 Å². The summed E-state index contributed by atoms with van der Waals surface area (Å²) in [6, 6.07) is 4.56. The molecule has 2 N–H and O–H groups in total. The predicted octanol–water partition coefficient (Wildman–Crippen LogP) is 2.62. The molecule has 1 heterocycles. The monoisotopic (exact) mass is 267 g/mol. The Kier molecular flexibility index (Phi) is 3.74. The number of anilines is 2. The fourth-order valence-electron chi connectivity index (χ4n) is 2.85. The molecule has 1 fully saturated rings. The minimum atomic E-state index is 0.598. The number of nitrogen functional groups attached to an aromatic ring is 1. The van der Waals surface area contributed by atoms with Gasteiger partial charge in [0.1, 0.15) is 0 Å². The lowest BCUT2D eigenvalue weighted by Crippen LogP contribution is -2.34. The maximum absolute atomic E-state index is 6.14. The number of benzene rings is 1. The van der Waals surface area contributed by atoms with Crippen molar-refractivity contribution in [3.63, 3.8) is 0 Å². The lowest BCUT2D eigenvalue weighted by atomic mass is 10.1. The Morgan fingerprint density at radius 3 is 2.56 bits per heavy atom. The number of hydrogen-bond donors (Lipinski definition) is 1. The van der Waals surface area contributed by atoms with Crippen LogP contribution in [0.2, 0.25) is 5.02 Å². The molecule has 1 aliphatic heterocycles. The molecule has 2 rings (SSSR count). The Morgan fingerprint density at radius 2 is 2.00 bits per heavy atom. The van der Waals surface area contributed by atoms with Gasteiger partial charge in [0.05, 0.1) is 10.7 Å². The minimum Gasteiger partial charge on any atom is -0.398 e. The van der Waals surface area contributed by atoms with Crippen LogP contribution < -0.4 is 10.6 Å². The van der Waals surface area contributed by atoms with E-state index in [-0.39, 0.29) is 0 Å². The van der Waals surface area contributed by atoms with Crippen molar-refractivity contribution in [1.82, 2.24) is 4.90 Å². The Morgan fingerprint density at radius 1 is 1.33 bits per heavy atom. The second-order valence-electron chi connectivity index (χ2n) is 5.57. The van der Waals surface area contributed by atoms with Gasteiger partial charge in [0.25, 0.3) is 0 Å². The van der Waals surface area contributed by atoms with Crippen molar-refractivity contribution in [1.29, 1.82) is 0 Å². The van der Waals surface area contributed by atoms with E-state index in [0.29, 0.717) is 22.7 Å². The van der Waals surface area contributed by atoms with E-state index >= 15 is 0 Å². The van der Waals surface area contributed by atoms with Crippen LogP contribution in [-0.2, 0) is 0 Å². The highest BCUT2D eigenvalue weighted by Crippen LogP contribution is 2.33. The summed E-state index contributed by atoms with van der Waals surface area (Å²) in [6.45, 7) is 6.52. The normalized spacial score (nSPS) is 24.0. The van der Waals surface area contributed by atoms with Gasteiger partial charge in [-0.15, -0.1) is 0 Å². The first-order chi connectivity index (χ1) is 8.40. The first kappa shape index (κ1) is 13.5. The van der Waals surface area contributed by atoms with Crippen molar-refractivity contribution < 1.29 is 0 Å². The van der Waals surface area contributed by atoms with Gasteiger partial charge < -0.3 is 15.5 Å². The van der Waals surface area contributed by atoms with Crippen LogP contribution in [0, 0.1) is 12.8 Å². The number of nitrogens with zero attached hydrogens (tertiary/aromatic N) is 2. The molecule has 2 unspecified atom stereocenters. The second-order valence-corrected chi connectivity index (χ2v) is 5.98. The smallest absolute Gasteiger partial charge is 0.0656 e. The van der Waals surface area contributed by atoms with E-state index in [1.807, 2.05) is 12.1 Å². The van der Waals surface area contributed by atoms with Crippen molar-refractivity contribution in [2.24, 2.45) is 5.92 Å². The van der Waals surface area contributed by atoms with Crippen molar-refractivity contribution >= 4 is 23.0 Å². The summed E-state index contributed by atoms with van der Waals surface area (Å²) < 4.78 is 0. The first-order valence-corrected chi connectivity index (χ1v) is 6.75. The Labute approximate surface area is 115 Å². The molecule has 0 amide bonds. The predicted molar refractivity (Wildman–Crippen MR) is 79.5 cm³/mol. The molecule has 0 aliphatic carbocycles. The van der Waals surface area contributed by atoms with Gasteiger partial charge in [0.15, 0.2) is 0 Å². The van der Waals surface area contributed by atoms with E-state index in [2.05, 4.69) is 37.7 Å². The van der Waals surface area contributed by atoms with Gasteiger partial charge in [0.2, 0.25) is 0 Å². The van der Waals surface area contributed by atoms with E-state index in [1.54, 1.807) is 0 Å². The van der Waals surface area contributed by atoms with Gasteiger partial charge in [-0.25, -0.2) is 0 Å². The number of rotatable bonds is 2. The number of aryl methyl sites for hydroxylation is 1. The van der Waals surface area contributed by atoms with Crippen LogP contribution in [0.4, 0.5) is 11.4 Å². The summed E-state index contributed by atoms with van der Waals surface area (Å²) in [5.74, 6) is 0.663. The zero-order chi connectivity index (χ0) is 13.4. The zero-order valence-corrected chi connectivity index (χ0v) is 12.3. The molecule has 2 atom stereocenters. The molecule has 0 bridgehead atoms. The Balaban J connectivity index is 2.26. The minimum absolute atomic E-state index is 0.598. The van der Waals surface area contributed by atoms with E-state index in [0.717, 1.165) is 13.1 Å². The van der Waals surface area contributed by atoms with Gasteiger partial charge in [-0.2, -0.15) is 0 Å². The molecule has 1 aromatic rings. The Hall–Kier alpha value is -0.930. The summed E-state index contributed by atoms with van der Waals surface area (Å²) in [4.78, 5) is 4.72. The average molecular weight is 268 g/mol. The molecule has 3 nitrogen and oxygen atoms in total. The average Bonchev–Trinajstić information content (AvgIpc) is 2.65. The van der Waals surface area contributed by atoms with Crippen LogP contribution in [0.25, 0.3) is 0 Å². The molecule has 0 saturated carbocycles. The van der Waals surface area contributed by atoms with Crippen LogP contribution in [-0.4, -0.2) is 38.1 Å².